The van der Waals surface area contributed by atoms with Crippen LogP contribution in [0.1, 0.15) is 0 Å². The summed E-state index contributed by atoms with van der Waals surface area (Å²) < 4.78 is 2.36. The Morgan fingerprint density at radius 2 is 1.67 bits per heavy atom. The van der Waals surface area contributed by atoms with E-state index in [1.54, 1.807) is 0 Å². The van der Waals surface area contributed by atoms with Crippen molar-refractivity contribution in [3.63, 3.8) is 0 Å². The van der Waals surface area contributed by atoms with Crippen LogP contribution in [0.15, 0.2) is 0 Å². The standard InChI is InChI=1S/CH7Br2NSi2/c1-4(5-2)6-3/h5-6H2,1H3. The van der Waals surface area contributed by atoms with Gasteiger partial charge in [-0.15, -0.1) is 30.6 Å². The van der Waals surface area contributed by atoms with Crippen LogP contribution >= 0.6 is 30.6 Å². The maximum atomic E-state index is 3.44. The topological polar surface area (TPSA) is 3.24 Å². The van der Waals surface area contributed by atoms with Gasteiger partial charge in [0.2, 0.25) is 0 Å². The van der Waals surface area contributed by atoms with Crippen LogP contribution < -0.4 is 0 Å². The third kappa shape index (κ3) is 3.54. The van der Waals surface area contributed by atoms with Crippen LogP contribution in [0.4, 0.5) is 0 Å². The second-order valence-corrected chi connectivity index (χ2v) is 7.64. The van der Waals surface area contributed by atoms with Gasteiger partial charge in [0.1, 0.15) is 0 Å². The Balaban J connectivity index is 2.75. The first kappa shape index (κ1) is 7.35. The summed E-state index contributed by atoms with van der Waals surface area (Å²) in [6.45, 7) is 0. The molecule has 5 heteroatoms. The van der Waals surface area contributed by atoms with Crippen LogP contribution in [0, 0.1) is 0 Å². The van der Waals surface area contributed by atoms with E-state index in [2.05, 4.69) is 41.9 Å². The van der Waals surface area contributed by atoms with Crippen molar-refractivity contribution in [2.75, 3.05) is 7.05 Å². The maximum absolute atomic E-state index is 3.44. The normalized spacial score (nSPS) is 14.0. The third-order valence-corrected chi connectivity index (χ3v) is 11.6. The second-order valence-electron chi connectivity index (χ2n) is 1.10. The van der Waals surface area contributed by atoms with Crippen molar-refractivity contribution in [2.24, 2.45) is 0 Å². The summed E-state index contributed by atoms with van der Waals surface area (Å²) in [6, 6.07) is 0. The summed E-state index contributed by atoms with van der Waals surface area (Å²) in [5, 5.41) is 0. The molecule has 0 amide bonds. The van der Waals surface area contributed by atoms with Gasteiger partial charge in [-0.2, -0.15) is 0 Å². The lowest BCUT2D eigenvalue weighted by Crippen LogP contribution is -2.18. The molecule has 0 unspecified atom stereocenters. The van der Waals surface area contributed by atoms with Crippen molar-refractivity contribution < 1.29 is 0 Å². The Bertz CT molecular complexity index is 30.7. The number of nitrogens with zero attached hydrogens (tertiary/aromatic N) is 1. The van der Waals surface area contributed by atoms with E-state index in [-0.39, 0.29) is 16.6 Å². The molecule has 0 aliphatic carbocycles. The van der Waals surface area contributed by atoms with Crippen molar-refractivity contribution in [1.29, 1.82) is 0 Å². The molecule has 0 aromatic heterocycles. The summed E-state index contributed by atoms with van der Waals surface area (Å²) in [5.41, 5.74) is 0. The van der Waals surface area contributed by atoms with Gasteiger partial charge >= 0.3 is 0 Å². The molecule has 38 valence electrons. The molecule has 0 atom stereocenters. The summed E-state index contributed by atoms with van der Waals surface area (Å²) in [4.78, 5) is 0. The highest BCUT2D eigenvalue weighted by molar-refractivity contribution is 9.24. The molecule has 0 saturated heterocycles. The average molecular weight is 249 g/mol. The maximum Gasteiger partial charge on any atom is 0.164 e. The lowest BCUT2D eigenvalue weighted by molar-refractivity contribution is 0.883. The van der Waals surface area contributed by atoms with E-state index in [9.17, 15) is 0 Å². The van der Waals surface area contributed by atoms with Crippen LogP contribution in [-0.4, -0.2) is 27.9 Å². The van der Waals surface area contributed by atoms with Gasteiger partial charge in [0, 0.05) is 0 Å². The van der Waals surface area contributed by atoms with Gasteiger partial charge in [0.15, 0.2) is 16.6 Å². The van der Waals surface area contributed by atoms with Crippen molar-refractivity contribution >= 4 is 47.2 Å². The van der Waals surface area contributed by atoms with Crippen molar-refractivity contribution in [3.05, 3.63) is 0 Å². The fourth-order valence-electron chi connectivity index (χ4n) is 0.0319. The van der Waals surface area contributed by atoms with Crippen LogP contribution in [0.25, 0.3) is 0 Å². The average Bonchev–Trinajstić information content (AvgIpc) is 1.65. The first-order valence-electron chi connectivity index (χ1n) is 1.61. The molecule has 0 fully saturated rings. The molecule has 0 aliphatic rings. The fourth-order valence-corrected chi connectivity index (χ4v) is 7.76. The zero-order valence-electron chi connectivity index (χ0n) is 3.62. The Morgan fingerprint density at radius 1 is 1.33 bits per heavy atom. The minimum Gasteiger partial charge on any atom is -0.341 e. The van der Waals surface area contributed by atoms with Crippen LogP contribution in [0.3, 0.4) is 0 Å². The van der Waals surface area contributed by atoms with Crippen molar-refractivity contribution in [3.8, 4) is 0 Å². The number of hydrogen-bond donors (Lipinski definition) is 0. The summed E-state index contributed by atoms with van der Waals surface area (Å²) in [7, 11) is 2.14. The lowest BCUT2D eigenvalue weighted by Gasteiger charge is -2.03. The molecule has 0 saturated carbocycles. The Kier molecular flexibility index (Phi) is 5.53. The first-order valence-corrected chi connectivity index (χ1v) is 10.7. The largest absolute Gasteiger partial charge is 0.341 e. The smallest absolute Gasteiger partial charge is 0.164 e. The lowest BCUT2D eigenvalue weighted by atomic mass is 11.6. The number of hydrogen-bond acceptors (Lipinski definition) is 1. The molecular weight excluding hydrogens is 242 g/mol. The van der Waals surface area contributed by atoms with Crippen molar-refractivity contribution in [1.82, 2.24) is 4.23 Å². The predicted molar refractivity (Wildman–Crippen MR) is 42.7 cm³/mol. The quantitative estimate of drug-likeness (QED) is 0.480. The van der Waals surface area contributed by atoms with Gasteiger partial charge in [-0.25, -0.2) is 0 Å². The van der Waals surface area contributed by atoms with Crippen LogP contribution in [0.5, 0.6) is 0 Å². The SMILES string of the molecule is CN([SiH2]Br)[SiH2]Br. The zero-order valence-corrected chi connectivity index (χ0v) is 9.62. The van der Waals surface area contributed by atoms with Crippen LogP contribution in [-0.2, 0) is 0 Å². The summed E-state index contributed by atoms with van der Waals surface area (Å²) >= 11 is 6.89. The Hall–Kier alpha value is 1.35. The highest BCUT2D eigenvalue weighted by Crippen LogP contribution is 1.84. The zero-order chi connectivity index (χ0) is 4.99. The van der Waals surface area contributed by atoms with Crippen LogP contribution in [0.2, 0.25) is 0 Å². The molecule has 0 aromatic rings. The number of rotatable bonds is 2. The molecule has 0 aromatic carbocycles. The molecule has 0 N–H and O–H groups in total. The molecular formula is CH7Br2NSi2. The highest BCUT2D eigenvalue weighted by Gasteiger charge is 1.87. The third-order valence-electron chi connectivity index (χ3n) is 0.408. The molecule has 0 radical (unpaired) electrons. The summed E-state index contributed by atoms with van der Waals surface area (Å²) in [6.07, 6.45) is 0. The predicted octanol–water partition coefficient (Wildman–Crippen LogP) is -0.294. The van der Waals surface area contributed by atoms with E-state index < -0.39 is 0 Å². The van der Waals surface area contributed by atoms with Gasteiger partial charge in [0.05, 0.1) is 0 Å². The number of halogens is 2. The van der Waals surface area contributed by atoms with Gasteiger partial charge in [-0.1, -0.05) is 0 Å². The minimum absolute atomic E-state index is 0.000965. The van der Waals surface area contributed by atoms with E-state index >= 15 is 0 Å². The minimum atomic E-state index is -0.000965. The molecule has 0 bridgehead atoms. The fraction of sp³-hybridized carbons (Fsp3) is 1.00. The molecule has 0 aliphatic heterocycles. The molecule has 0 rings (SSSR count). The second kappa shape index (κ2) is 4.51. The van der Waals surface area contributed by atoms with E-state index in [1.807, 2.05) is 0 Å². The molecule has 0 heterocycles. The monoisotopic (exact) mass is 247 g/mol. The van der Waals surface area contributed by atoms with Gasteiger partial charge in [-0.3, -0.25) is 0 Å². The Morgan fingerprint density at radius 3 is 1.67 bits per heavy atom. The molecule has 6 heavy (non-hydrogen) atoms. The van der Waals surface area contributed by atoms with Gasteiger partial charge < -0.3 is 4.23 Å². The Labute approximate surface area is 58.4 Å². The van der Waals surface area contributed by atoms with Gasteiger partial charge in [0.25, 0.3) is 0 Å². The van der Waals surface area contributed by atoms with Gasteiger partial charge in [-0.05, 0) is 7.05 Å². The molecule has 1 nitrogen and oxygen atoms in total. The van der Waals surface area contributed by atoms with E-state index in [0.717, 1.165) is 0 Å². The summed E-state index contributed by atoms with van der Waals surface area (Å²) in [5.74, 6) is 0. The molecule has 0 spiro atoms. The van der Waals surface area contributed by atoms with E-state index in [1.165, 1.54) is 0 Å². The van der Waals surface area contributed by atoms with E-state index in [4.69, 9.17) is 0 Å². The van der Waals surface area contributed by atoms with E-state index in [0.29, 0.717) is 0 Å². The van der Waals surface area contributed by atoms with Crippen molar-refractivity contribution in [2.45, 2.75) is 0 Å². The highest BCUT2D eigenvalue weighted by atomic mass is 79.9. The first-order chi connectivity index (χ1) is 2.81.